The molecule has 0 saturated carbocycles. The highest BCUT2D eigenvalue weighted by molar-refractivity contribution is 7.26. The first-order valence-electron chi connectivity index (χ1n) is 16.4. The third-order valence-corrected chi connectivity index (χ3v) is 11.0. The van der Waals surface area contributed by atoms with Crippen molar-refractivity contribution in [2.24, 2.45) is 0 Å². The minimum Gasteiger partial charge on any atom is -0.309 e. The monoisotopic (exact) mass is 627 g/mol. The number of para-hydroxylation sites is 2. The van der Waals surface area contributed by atoms with Crippen LogP contribution in [0, 0.1) is 0 Å². The SMILES string of the molecule is c1ccc(-c2cccc3c2sc2ccccc23)c(-c2ccccc2-n2c3ccccc3c3cc(-c4cccc5ccccc45)ccc32)c1. The summed E-state index contributed by atoms with van der Waals surface area (Å²) in [5.41, 5.74) is 11.1. The van der Waals surface area contributed by atoms with Gasteiger partial charge in [0.15, 0.2) is 0 Å². The van der Waals surface area contributed by atoms with Crippen molar-refractivity contribution in [3.8, 4) is 39.1 Å². The summed E-state index contributed by atoms with van der Waals surface area (Å²) in [4.78, 5) is 0. The predicted molar refractivity (Wildman–Crippen MR) is 207 cm³/mol. The van der Waals surface area contributed by atoms with Crippen LogP contribution in [0.1, 0.15) is 0 Å². The Morgan fingerprint density at radius 3 is 1.83 bits per heavy atom. The van der Waals surface area contributed by atoms with Crippen LogP contribution in [-0.2, 0) is 0 Å². The summed E-state index contributed by atoms with van der Waals surface area (Å²) in [5, 5.41) is 7.70. The molecular formula is C46H29NS. The van der Waals surface area contributed by atoms with Gasteiger partial charge < -0.3 is 4.57 Å². The number of nitrogens with zero attached hydrogens (tertiary/aromatic N) is 1. The molecule has 2 heteroatoms. The molecule has 1 nitrogen and oxygen atoms in total. The van der Waals surface area contributed by atoms with E-state index in [0.29, 0.717) is 0 Å². The fourth-order valence-electron chi connectivity index (χ4n) is 7.69. The summed E-state index contributed by atoms with van der Waals surface area (Å²) in [6.07, 6.45) is 0. The summed E-state index contributed by atoms with van der Waals surface area (Å²) in [6.45, 7) is 0. The van der Waals surface area contributed by atoms with Gasteiger partial charge in [-0.25, -0.2) is 0 Å². The third kappa shape index (κ3) is 4.10. The van der Waals surface area contributed by atoms with E-state index in [1.54, 1.807) is 0 Å². The summed E-state index contributed by atoms with van der Waals surface area (Å²) in [7, 11) is 0. The van der Waals surface area contributed by atoms with Gasteiger partial charge in [-0.15, -0.1) is 11.3 Å². The zero-order valence-corrected chi connectivity index (χ0v) is 26.9. The Balaban J connectivity index is 1.21. The molecular weight excluding hydrogens is 599 g/mol. The molecule has 0 saturated heterocycles. The van der Waals surface area contributed by atoms with Crippen molar-refractivity contribution in [3.63, 3.8) is 0 Å². The maximum Gasteiger partial charge on any atom is 0.0541 e. The molecule has 0 atom stereocenters. The maximum atomic E-state index is 2.46. The molecule has 0 spiro atoms. The van der Waals surface area contributed by atoms with E-state index in [2.05, 4.69) is 180 Å². The number of hydrogen-bond donors (Lipinski definition) is 0. The van der Waals surface area contributed by atoms with Crippen molar-refractivity contribution in [2.75, 3.05) is 0 Å². The average molecular weight is 628 g/mol. The van der Waals surface area contributed by atoms with E-state index in [9.17, 15) is 0 Å². The lowest BCUT2D eigenvalue weighted by Gasteiger charge is -2.17. The number of aromatic nitrogens is 1. The van der Waals surface area contributed by atoms with Crippen molar-refractivity contribution in [3.05, 3.63) is 176 Å². The van der Waals surface area contributed by atoms with E-state index in [1.807, 2.05) is 11.3 Å². The van der Waals surface area contributed by atoms with Crippen LogP contribution < -0.4 is 0 Å². The van der Waals surface area contributed by atoms with Crippen molar-refractivity contribution >= 4 is 64.1 Å². The first-order chi connectivity index (χ1) is 23.8. The van der Waals surface area contributed by atoms with E-state index in [0.717, 1.165) is 0 Å². The molecule has 2 heterocycles. The fraction of sp³-hybridized carbons (Fsp3) is 0. The Bertz CT molecular complexity index is 2840. The lowest BCUT2D eigenvalue weighted by molar-refractivity contribution is 1.18. The van der Waals surface area contributed by atoms with E-state index < -0.39 is 0 Å². The van der Waals surface area contributed by atoms with Gasteiger partial charge in [0.05, 0.1) is 16.7 Å². The maximum absolute atomic E-state index is 2.46. The largest absolute Gasteiger partial charge is 0.309 e. The first kappa shape index (κ1) is 27.2. The normalized spacial score (nSPS) is 11.8. The summed E-state index contributed by atoms with van der Waals surface area (Å²) >= 11 is 1.89. The molecule has 0 amide bonds. The highest BCUT2D eigenvalue weighted by Gasteiger charge is 2.19. The number of hydrogen-bond acceptors (Lipinski definition) is 1. The molecule has 0 N–H and O–H groups in total. The van der Waals surface area contributed by atoms with E-state index >= 15 is 0 Å². The summed E-state index contributed by atoms with van der Waals surface area (Å²) < 4.78 is 5.12. The highest BCUT2D eigenvalue weighted by Crippen LogP contribution is 2.45. The molecule has 224 valence electrons. The van der Waals surface area contributed by atoms with Crippen LogP contribution in [0.15, 0.2) is 176 Å². The second kappa shape index (κ2) is 10.8. The van der Waals surface area contributed by atoms with Gasteiger partial charge in [-0.05, 0) is 63.4 Å². The second-order valence-electron chi connectivity index (χ2n) is 12.5. The molecule has 0 unspecified atom stereocenters. The van der Waals surface area contributed by atoms with Crippen LogP contribution >= 0.6 is 11.3 Å². The van der Waals surface area contributed by atoms with Crippen molar-refractivity contribution < 1.29 is 0 Å². The molecule has 0 fully saturated rings. The number of fused-ring (bicyclic) bond motifs is 7. The lowest BCUT2D eigenvalue weighted by Crippen LogP contribution is -1.98. The third-order valence-electron chi connectivity index (χ3n) is 9.83. The summed E-state index contributed by atoms with van der Waals surface area (Å²) in [5.74, 6) is 0. The molecule has 0 aliphatic heterocycles. The van der Waals surface area contributed by atoms with Crippen LogP contribution in [-0.4, -0.2) is 4.57 Å². The van der Waals surface area contributed by atoms with Crippen LogP contribution in [0.3, 0.4) is 0 Å². The second-order valence-corrected chi connectivity index (χ2v) is 13.5. The molecule has 0 aliphatic carbocycles. The minimum atomic E-state index is 1.18. The Morgan fingerprint density at radius 1 is 0.354 bits per heavy atom. The molecule has 0 bridgehead atoms. The Kier molecular flexibility index (Phi) is 6.12. The number of benzene rings is 8. The smallest absolute Gasteiger partial charge is 0.0541 e. The molecule has 10 aromatic rings. The first-order valence-corrected chi connectivity index (χ1v) is 17.3. The van der Waals surface area contributed by atoms with Gasteiger partial charge in [0.2, 0.25) is 0 Å². The van der Waals surface area contributed by atoms with E-state index in [1.165, 1.54) is 91.8 Å². The zero-order chi connectivity index (χ0) is 31.6. The quantitative estimate of drug-likeness (QED) is 0.183. The molecule has 0 radical (unpaired) electrons. The van der Waals surface area contributed by atoms with Gasteiger partial charge >= 0.3 is 0 Å². The van der Waals surface area contributed by atoms with Gasteiger partial charge in [-0.2, -0.15) is 0 Å². The van der Waals surface area contributed by atoms with Crippen molar-refractivity contribution in [1.82, 2.24) is 4.57 Å². The van der Waals surface area contributed by atoms with Crippen molar-refractivity contribution in [1.29, 1.82) is 0 Å². The van der Waals surface area contributed by atoms with Gasteiger partial charge in [0, 0.05) is 42.1 Å². The number of thiophene rings is 1. The Morgan fingerprint density at radius 2 is 0.938 bits per heavy atom. The van der Waals surface area contributed by atoms with Gasteiger partial charge in [0.25, 0.3) is 0 Å². The van der Waals surface area contributed by atoms with Crippen LogP contribution in [0.25, 0.3) is 91.8 Å². The average Bonchev–Trinajstić information content (AvgIpc) is 3.70. The Hall–Kier alpha value is -5.96. The fourth-order valence-corrected chi connectivity index (χ4v) is 8.92. The predicted octanol–water partition coefficient (Wildman–Crippen LogP) is 13.3. The topological polar surface area (TPSA) is 4.93 Å². The standard InChI is InChI=1S/C46H29NS/c1-2-15-32-30(13-1)14-11-21-33(32)31-27-28-44-41(29-31)37-19-6-9-25-43(37)47(44)42-24-8-5-18-36(42)34-16-3-4-17-35(34)39-22-12-23-40-38-20-7-10-26-45(38)48-46(39)40/h1-29H. The van der Waals surface area contributed by atoms with E-state index in [4.69, 9.17) is 0 Å². The molecule has 10 rings (SSSR count). The van der Waals surface area contributed by atoms with Crippen LogP contribution in [0.5, 0.6) is 0 Å². The molecule has 8 aromatic carbocycles. The van der Waals surface area contributed by atoms with Gasteiger partial charge in [0.1, 0.15) is 0 Å². The zero-order valence-electron chi connectivity index (χ0n) is 26.1. The molecule has 0 aliphatic rings. The van der Waals surface area contributed by atoms with Crippen LogP contribution in [0.2, 0.25) is 0 Å². The highest BCUT2D eigenvalue weighted by atomic mass is 32.1. The minimum absolute atomic E-state index is 1.18. The van der Waals surface area contributed by atoms with Crippen LogP contribution in [0.4, 0.5) is 0 Å². The lowest BCUT2D eigenvalue weighted by atomic mass is 9.92. The Labute approximate surface area is 282 Å². The van der Waals surface area contributed by atoms with Crippen molar-refractivity contribution in [2.45, 2.75) is 0 Å². The van der Waals surface area contributed by atoms with Gasteiger partial charge in [-0.1, -0.05) is 146 Å². The van der Waals surface area contributed by atoms with E-state index in [-0.39, 0.29) is 0 Å². The molecule has 2 aromatic heterocycles. The summed E-state index contributed by atoms with van der Waals surface area (Å²) in [6, 6.07) is 64.4. The van der Waals surface area contributed by atoms with Gasteiger partial charge in [-0.3, -0.25) is 0 Å². The molecule has 48 heavy (non-hydrogen) atoms. The number of rotatable bonds is 4.